The summed E-state index contributed by atoms with van der Waals surface area (Å²) in [7, 11) is 1.77. The molecule has 20 heavy (non-hydrogen) atoms. The van der Waals surface area contributed by atoms with Crippen LogP contribution in [0.25, 0.3) is 10.2 Å². The number of anilines is 1. The normalized spacial score (nSPS) is 16.6. The summed E-state index contributed by atoms with van der Waals surface area (Å²) in [5.41, 5.74) is 1.72. The predicted molar refractivity (Wildman–Crippen MR) is 83.5 cm³/mol. The number of nitrogens with zero attached hydrogens (tertiary/aromatic N) is 2. The number of ether oxygens (including phenoxy) is 1. The van der Waals surface area contributed by atoms with Gasteiger partial charge in [0.05, 0.1) is 5.39 Å². The minimum absolute atomic E-state index is 0.423. The molecule has 2 heterocycles. The number of hydrogen-bond acceptors (Lipinski definition) is 5. The van der Waals surface area contributed by atoms with Crippen LogP contribution in [0.4, 0.5) is 5.82 Å². The molecule has 1 aliphatic carbocycles. The van der Waals surface area contributed by atoms with Gasteiger partial charge in [0.2, 0.25) is 0 Å². The fourth-order valence-corrected chi connectivity index (χ4v) is 3.60. The standard InChI is InChI=1S/C15H21N3OS/c1-10-11(2)20-14-12(10)13(17-9-18-14)16-8-15(4-5-15)6-7-19-3/h9H,4-8H2,1-3H3,(H,16,17,18). The monoisotopic (exact) mass is 291 g/mol. The van der Waals surface area contributed by atoms with E-state index in [0.29, 0.717) is 5.41 Å². The molecule has 5 heteroatoms. The second-order valence-electron chi connectivity index (χ2n) is 5.78. The van der Waals surface area contributed by atoms with E-state index in [-0.39, 0.29) is 0 Å². The van der Waals surface area contributed by atoms with Crippen LogP contribution >= 0.6 is 11.3 Å². The first-order chi connectivity index (χ1) is 9.65. The number of fused-ring (bicyclic) bond motifs is 1. The highest BCUT2D eigenvalue weighted by Gasteiger charge is 2.41. The minimum Gasteiger partial charge on any atom is -0.385 e. The van der Waals surface area contributed by atoms with Gasteiger partial charge in [-0.15, -0.1) is 11.3 Å². The molecule has 0 bridgehead atoms. The first-order valence-corrected chi connectivity index (χ1v) is 7.90. The van der Waals surface area contributed by atoms with E-state index in [2.05, 4.69) is 29.1 Å². The molecule has 1 fully saturated rings. The van der Waals surface area contributed by atoms with E-state index in [1.165, 1.54) is 28.7 Å². The Labute approximate surface area is 123 Å². The van der Waals surface area contributed by atoms with Gasteiger partial charge in [0.25, 0.3) is 0 Å². The second-order valence-corrected chi connectivity index (χ2v) is 6.99. The molecule has 2 aromatic rings. The van der Waals surface area contributed by atoms with Crippen molar-refractivity contribution in [1.29, 1.82) is 0 Å². The van der Waals surface area contributed by atoms with E-state index in [1.807, 2.05) is 0 Å². The number of rotatable bonds is 6. The van der Waals surface area contributed by atoms with Gasteiger partial charge >= 0.3 is 0 Å². The summed E-state index contributed by atoms with van der Waals surface area (Å²) in [5, 5.41) is 4.75. The van der Waals surface area contributed by atoms with Gasteiger partial charge in [0.15, 0.2) is 0 Å². The van der Waals surface area contributed by atoms with Gasteiger partial charge in [-0.3, -0.25) is 0 Å². The highest BCUT2D eigenvalue weighted by atomic mass is 32.1. The summed E-state index contributed by atoms with van der Waals surface area (Å²) in [6, 6.07) is 0. The molecule has 0 aromatic carbocycles. The molecule has 4 nitrogen and oxygen atoms in total. The Morgan fingerprint density at radius 2 is 2.15 bits per heavy atom. The number of thiophene rings is 1. The maximum Gasteiger partial charge on any atom is 0.138 e. The van der Waals surface area contributed by atoms with Crippen molar-refractivity contribution in [3.05, 3.63) is 16.8 Å². The highest BCUT2D eigenvalue weighted by molar-refractivity contribution is 7.18. The third kappa shape index (κ3) is 2.52. The lowest BCUT2D eigenvalue weighted by atomic mass is 10.0. The molecule has 1 saturated carbocycles. The fraction of sp³-hybridized carbons (Fsp3) is 0.600. The van der Waals surface area contributed by atoms with Crippen LogP contribution in [0.15, 0.2) is 6.33 Å². The van der Waals surface area contributed by atoms with Crippen molar-refractivity contribution in [2.75, 3.05) is 25.6 Å². The van der Waals surface area contributed by atoms with Crippen LogP contribution in [-0.2, 0) is 4.74 Å². The van der Waals surface area contributed by atoms with Gasteiger partial charge in [-0.1, -0.05) is 0 Å². The summed E-state index contributed by atoms with van der Waals surface area (Å²) in [4.78, 5) is 11.2. The predicted octanol–water partition coefficient (Wildman–Crippen LogP) is 3.54. The SMILES string of the molecule is COCCC1(CNc2ncnc3sc(C)c(C)c23)CC1. The zero-order valence-corrected chi connectivity index (χ0v) is 13.1. The Kier molecular flexibility index (Phi) is 3.65. The molecule has 0 radical (unpaired) electrons. The maximum atomic E-state index is 5.21. The molecule has 1 N–H and O–H groups in total. The van der Waals surface area contributed by atoms with Gasteiger partial charge in [-0.05, 0) is 44.1 Å². The van der Waals surface area contributed by atoms with Crippen molar-refractivity contribution >= 4 is 27.4 Å². The number of aryl methyl sites for hydroxylation is 2. The maximum absolute atomic E-state index is 5.21. The zero-order chi connectivity index (χ0) is 14.2. The van der Waals surface area contributed by atoms with Crippen LogP contribution in [0.3, 0.4) is 0 Å². The molecule has 1 aliphatic rings. The van der Waals surface area contributed by atoms with Crippen LogP contribution in [-0.4, -0.2) is 30.2 Å². The van der Waals surface area contributed by atoms with Crippen molar-refractivity contribution in [3.8, 4) is 0 Å². The van der Waals surface area contributed by atoms with Gasteiger partial charge in [0.1, 0.15) is 17.0 Å². The van der Waals surface area contributed by atoms with Gasteiger partial charge < -0.3 is 10.1 Å². The summed E-state index contributed by atoms with van der Waals surface area (Å²) in [6.45, 7) is 6.13. The molecule has 108 valence electrons. The van der Waals surface area contributed by atoms with E-state index >= 15 is 0 Å². The molecule has 0 spiro atoms. The third-order valence-electron chi connectivity index (χ3n) is 4.39. The summed E-state index contributed by atoms with van der Waals surface area (Å²) in [6.07, 6.45) is 5.37. The Morgan fingerprint density at radius 3 is 2.85 bits per heavy atom. The van der Waals surface area contributed by atoms with E-state index in [4.69, 9.17) is 4.74 Å². The zero-order valence-electron chi connectivity index (χ0n) is 12.3. The first kappa shape index (κ1) is 13.8. The number of hydrogen-bond donors (Lipinski definition) is 1. The van der Waals surface area contributed by atoms with E-state index in [1.54, 1.807) is 24.8 Å². The quantitative estimate of drug-likeness (QED) is 0.884. The molecule has 0 saturated heterocycles. The lowest BCUT2D eigenvalue weighted by Crippen LogP contribution is -2.18. The lowest BCUT2D eigenvalue weighted by molar-refractivity contribution is 0.175. The number of methoxy groups -OCH3 is 1. The molecule has 0 atom stereocenters. The minimum atomic E-state index is 0.423. The third-order valence-corrected chi connectivity index (χ3v) is 5.51. The molecule has 0 aliphatic heterocycles. The Morgan fingerprint density at radius 1 is 1.35 bits per heavy atom. The molecule has 0 unspecified atom stereocenters. The number of aromatic nitrogens is 2. The fourth-order valence-electron chi connectivity index (χ4n) is 2.60. The summed E-state index contributed by atoms with van der Waals surface area (Å²) in [5.74, 6) is 0.987. The van der Waals surface area contributed by atoms with Crippen molar-refractivity contribution in [2.45, 2.75) is 33.1 Å². The average Bonchev–Trinajstić information content (AvgIpc) is 3.16. The largest absolute Gasteiger partial charge is 0.385 e. The van der Waals surface area contributed by atoms with E-state index in [0.717, 1.165) is 30.2 Å². The average molecular weight is 291 g/mol. The first-order valence-electron chi connectivity index (χ1n) is 7.09. The summed E-state index contributed by atoms with van der Waals surface area (Å²) < 4.78 is 5.21. The van der Waals surface area contributed by atoms with Crippen molar-refractivity contribution < 1.29 is 4.74 Å². The van der Waals surface area contributed by atoms with Gasteiger partial charge in [-0.2, -0.15) is 0 Å². The Balaban J connectivity index is 1.78. The van der Waals surface area contributed by atoms with Crippen molar-refractivity contribution in [3.63, 3.8) is 0 Å². The lowest BCUT2D eigenvalue weighted by Gasteiger charge is -2.16. The molecular formula is C15H21N3OS. The van der Waals surface area contributed by atoms with Crippen LogP contribution in [0.2, 0.25) is 0 Å². The molecule has 2 aromatic heterocycles. The van der Waals surface area contributed by atoms with Crippen molar-refractivity contribution in [2.24, 2.45) is 5.41 Å². The Hall–Kier alpha value is -1.20. The second kappa shape index (κ2) is 5.30. The van der Waals surface area contributed by atoms with E-state index in [9.17, 15) is 0 Å². The van der Waals surface area contributed by atoms with Gasteiger partial charge in [-0.25, -0.2) is 9.97 Å². The molecular weight excluding hydrogens is 270 g/mol. The van der Waals surface area contributed by atoms with Crippen molar-refractivity contribution in [1.82, 2.24) is 9.97 Å². The van der Waals surface area contributed by atoms with Crippen LogP contribution < -0.4 is 5.32 Å². The molecule has 0 amide bonds. The highest BCUT2D eigenvalue weighted by Crippen LogP contribution is 2.49. The van der Waals surface area contributed by atoms with Crippen LogP contribution in [0.1, 0.15) is 29.7 Å². The topological polar surface area (TPSA) is 47.0 Å². The van der Waals surface area contributed by atoms with E-state index < -0.39 is 0 Å². The molecule has 3 rings (SSSR count). The van der Waals surface area contributed by atoms with Crippen LogP contribution in [0.5, 0.6) is 0 Å². The number of nitrogens with one attached hydrogen (secondary N) is 1. The Bertz CT molecular complexity index is 619. The smallest absolute Gasteiger partial charge is 0.138 e. The van der Waals surface area contributed by atoms with Gasteiger partial charge in [0, 0.05) is 25.1 Å². The van der Waals surface area contributed by atoms with Crippen LogP contribution in [0, 0.1) is 19.3 Å². The summed E-state index contributed by atoms with van der Waals surface area (Å²) >= 11 is 1.74.